The van der Waals surface area contributed by atoms with E-state index >= 15 is 0 Å². The molecule has 1 aliphatic carbocycles. The van der Waals surface area contributed by atoms with E-state index in [0.29, 0.717) is 33.4 Å². The third kappa shape index (κ3) is 3.38. The lowest BCUT2D eigenvalue weighted by Gasteiger charge is -2.54. The minimum absolute atomic E-state index is 0.330. The largest absolute Gasteiger partial charge is 0.405 e. The van der Waals surface area contributed by atoms with E-state index in [9.17, 15) is 0 Å². The predicted octanol–water partition coefficient (Wildman–Crippen LogP) is 4.50. The van der Waals surface area contributed by atoms with Crippen LogP contribution in [-0.2, 0) is 0 Å². The van der Waals surface area contributed by atoms with Crippen LogP contribution in [-0.4, -0.2) is 29.1 Å². The molecule has 0 amide bonds. The summed E-state index contributed by atoms with van der Waals surface area (Å²) in [6.45, 7) is 6.17. The fourth-order valence-electron chi connectivity index (χ4n) is 5.46. The number of nitrogens with two attached hydrogens (primary N) is 3. The Bertz CT molecular complexity index is 1330. The van der Waals surface area contributed by atoms with Crippen LogP contribution in [0.25, 0.3) is 28.5 Å². The Balaban J connectivity index is 1.75. The lowest BCUT2D eigenvalue weighted by atomic mass is 9.61. The number of halogens is 1. The van der Waals surface area contributed by atoms with Crippen molar-refractivity contribution < 1.29 is 0 Å². The van der Waals surface area contributed by atoms with Crippen LogP contribution in [0.2, 0.25) is 5.02 Å². The zero-order valence-electron chi connectivity index (χ0n) is 19.5. The van der Waals surface area contributed by atoms with Gasteiger partial charge in [0, 0.05) is 58.6 Å². The van der Waals surface area contributed by atoms with E-state index in [1.807, 2.05) is 31.2 Å². The average Bonchev–Trinajstić information content (AvgIpc) is 3.07. The first-order valence-electron chi connectivity index (χ1n) is 11.5. The van der Waals surface area contributed by atoms with Crippen molar-refractivity contribution in [2.24, 2.45) is 11.1 Å². The van der Waals surface area contributed by atoms with Crippen LogP contribution < -0.4 is 22.5 Å². The van der Waals surface area contributed by atoms with Gasteiger partial charge in [-0.15, -0.1) is 0 Å². The third-order valence-electron chi connectivity index (χ3n) is 7.38. The van der Waals surface area contributed by atoms with Crippen molar-refractivity contribution in [3.8, 4) is 22.4 Å². The second-order valence-corrected chi connectivity index (χ2v) is 10.0. The molecule has 2 heterocycles. The molecule has 5 rings (SSSR count). The van der Waals surface area contributed by atoms with Crippen LogP contribution >= 0.6 is 11.6 Å². The Hall–Kier alpha value is -3.29. The van der Waals surface area contributed by atoms with E-state index in [2.05, 4.69) is 16.9 Å². The van der Waals surface area contributed by atoms with Crippen molar-refractivity contribution in [2.75, 3.05) is 24.6 Å². The molecule has 2 fully saturated rings. The number of hydrogen-bond acceptors (Lipinski definition) is 6. The first-order valence-corrected chi connectivity index (χ1v) is 11.8. The Morgan fingerprint density at radius 2 is 1.88 bits per heavy atom. The van der Waals surface area contributed by atoms with Gasteiger partial charge in [-0.2, -0.15) is 5.10 Å². The number of anilines is 2. The Morgan fingerprint density at radius 1 is 1.15 bits per heavy atom. The van der Waals surface area contributed by atoms with Crippen LogP contribution in [0, 0.1) is 24.7 Å². The van der Waals surface area contributed by atoms with Gasteiger partial charge < -0.3 is 27.9 Å². The highest BCUT2D eigenvalue weighted by Gasteiger charge is 2.50. The average molecular weight is 476 g/mol. The number of aryl methyl sites for hydroxylation is 1. The lowest BCUT2D eigenvalue weighted by molar-refractivity contribution is 0.00164. The maximum Gasteiger partial charge on any atom is 0.101 e. The number of nitrogens with one attached hydrogen (secondary N) is 2. The molecule has 2 aromatic carbocycles. The van der Waals surface area contributed by atoms with Gasteiger partial charge in [-0.1, -0.05) is 17.7 Å². The summed E-state index contributed by atoms with van der Waals surface area (Å²) in [6.07, 6.45) is 6.74. The fraction of sp³-hybridized carbons (Fsp3) is 0.308. The van der Waals surface area contributed by atoms with Crippen molar-refractivity contribution in [1.29, 1.82) is 5.41 Å². The normalized spacial score (nSPS) is 17.1. The van der Waals surface area contributed by atoms with Gasteiger partial charge in [0.05, 0.1) is 11.1 Å². The zero-order chi connectivity index (χ0) is 24.2. The van der Waals surface area contributed by atoms with Crippen molar-refractivity contribution in [1.82, 2.24) is 15.1 Å². The van der Waals surface area contributed by atoms with Crippen molar-refractivity contribution in [3.05, 3.63) is 57.9 Å². The van der Waals surface area contributed by atoms with Crippen LogP contribution in [0.1, 0.15) is 41.3 Å². The zero-order valence-corrected chi connectivity index (χ0v) is 20.2. The molecule has 176 valence electrons. The second-order valence-electron chi connectivity index (χ2n) is 9.65. The van der Waals surface area contributed by atoms with Crippen LogP contribution in [0.15, 0.2) is 30.5 Å². The lowest BCUT2D eigenvalue weighted by Crippen LogP contribution is -2.60. The molecule has 0 bridgehead atoms. The Morgan fingerprint density at radius 3 is 2.50 bits per heavy atom. The minimum atomic E-state index is 0.330. The number of benzene rings is 2. The molecule has 8 N–H and O–H groups in total. The Labute approximate surface area is 204 Å². The number of nitrogens with zero attached hydrogens (tertiary/aromatic N) is 2. The van der Waals surface area contributed by atoms with Gasteiger partial charge in [0.25, 0.3) is 0 Å². The van der Waals surface area contributed by atoms with Gasteiger partial charge >= 0.3 is 0 Å². The molecule has 2 aliphatic rings. The molecular weight excluding hydrogens is 446 g/mol. The van der Waals surface area contributed by atoms with Crippen LogP contribution in [0.5, 0.6) is 0 Å². The first kappa shape index (κ1) is 22.5. The second kappa shape index (κ2) is 8.18. The van der Waals surface area contributed by atoms with Gasteiger partial charge in [0.2, 0.25) is 0 Å². The summed E-state index contributed by atoms with van der Waals surface area (Å²) in [5.74, 6) is 0. The predicted molar refractivity (Wildman–Crippen MR) is 141 cm³/mol. The van der Waals surface area contributed by atoms with Gasteiger partial charge in [0.1, 0.15) is 5.69 Å². The van der Waals surface area contributed by atoms with Crippen molar-refractivity contribution in [3.63, 3.8) is 0 Å². The van der Waals surface area contributed by atoms with Crippen molar-refractivity contribution >= 4 is 35.3 Å². The van der Waals surface area contributed by atoms with E-state index in [4.69, 9.17) is 39.3 Å². The highest BCUT2D eigenvalue weighted by Crippen LogP contribution is 2.53. The maximum absolute atomic E-state index is 8.09. The summed E-state index contributed by atoms with van der Waals surface area (Å²) in [4.78, 5) is 0. The molecule has 1 aliphatic heterocycles. The molecule has 0 unspecified atom stereocenters. The molecule has 3 aromatic rings. The molecule has 1 spiro atoms. The van der Waals surface area contributed by atoms with E-state index in [-0.39, 0.29) is 0 Å². The first-order chi connectivity index (χ1) is 16.3. The van der Waals surface area contributed by atoms with Gasteiger partial charge in [-0.05, 0) is 73.7 Å². The summed E-state index contributed by atoms with van der Waals surface area (Å²) >= 11 is 6.88. The number of hydrogen-bond donors (Lipinski definition) is 5. The van der Waals surface area contributed by atoms with Gasteiger partial charge in [-0.3, -0.25) is 4.68 Å². The minimum Gasteiger partial charge on any atom is -0.405 e. The molecule has 8 heteroatoms. The quantitative estimate of drug-likeness (QED) is 0.273. The maximum atomic E-state index is 8.09. The number of rotatable bonds is 5. The number of aromatic nitrogens is 2. The SMILES string of the molecule is Cc1cc(N)c(C=N)c(-c2c(-c3ccc(N)c(/C=C\N)c3)nn(C3CC4(CNC4)C3)c2C)c1Cl. The monoisotopic (exact) mass is 475 g/mol. The Kier molecular flexibility index (Phi) is 5.41. The fourth-order valence-corrected chi connectivity index (χ4v) is 5.71. The van der Waals surface area contributed by atoms with E-state index < -0.39 is 0 Å². The summed E-state index contributed by atoms with van der Waals surface area (Å²) in [7, 11) is 0. The van der Waals surface area contributed by atoms with Gasteiger partial charge in [0.15, 0.2) is 0 Å². The highest BCUT2D eigenvalue weighted by molar-refractivity contribution is 6.35. The van der Waals surface area contributed by atoms with Gasteiger partial charge in [-0.25, -0.2) is 0 Å². The standard InChI is InChI=1S/C26H30ClN7/c1-14-7-21(31)19(11-29)23(24(14)27)22-15(2)34(18-9-26(10-18)12-32-13-26)33-25(22)17-3-4-20(30)16(8-17)5-6-28/h3-8,11,18,29,32H,9-10,12-13,28,30-31H2,1-2H3/b6-5-,29-11?. The van der Waals surface area contributed by atoms with Crippen LogP contribution in [0.3, 0.4) is 0 Å². The molecule has 0 atom stereocenters. The van der Waals surface area contributed by atoms with Crippen molar-refractivity contribution in [2.45, 2.75) is 32.7 Å². The molecule has 1 saturated carbocycles. The number of nitrogen functional groups attached to an aromatic ring is 2. The summed E-state index contributed by atoms with van der Waals surface area (Å²) in [5.41, 5.74) is 26.4. The molecule has 1 saturated heterocycles. The summed E-state index contributed by atoms with van der Waals surface area (Å²) in [6, 6.07) is 7.97. The topological polar surface area (TPSA) is 132 Å². The highest BCUT2D eigenvalue weighted by atomic mass is 35.5. The van der Waals surface area contributed by atoms with E-state index in [1.54, 1.807) is 6.08 Å². The molecular formula is C26H30ClN7. The molecule has 7 nitrogen and oxygen atoms in total. The van der Waals surface area contributed by atoms with E-state index in [1.165, 1.54) is 12.4 Å². The molecule has 0 radical (unpaired) electrons. The summed E-state index contributed by atoms with van der Waals surface area (Å²) < 4.78 is 2.14. The molecule has 34 heavy (non-hydrogen) atoms. The third-order valence-corrected chi connectivity index (χ3v) is 7.87. The van der Waals surface area contributed by atoms with E-state index in [0.717, 1.165) is 65.1 Å². The smallest absolute Gasteiger partial charge is 0.101 e. The summed E-state index contributed by atoms with van der Waals surface area (Å²) in [5, 5.41) is 17.2. The molecule has 1 aromatic heterocycles. The van der Waals surface area contributed by atoms with Crippen LogP contribution in [0.4, 0.5) is 11.4 Å².